The van der Waals surface area contributed by atoms with Crippen molar-refractivity contribution >= 4 is 11.7 Å². The zero-order chi connectivity index (χ0) is 16.3. The summed E-state index contributed by atoms with van der Waals surface area (Å²) in [6, 6.07) is 9.87. The van der Waals surface area contributed by atoms with E-state index in [1.807, 2.05) is 13.8 Å². The molecule has 0 heterocycles. The zero-order valence-electron chi connectivity index (χ0n) is 12.7. The highest BCUT2D eigenvalue weighted by Gasteiger charge is 2.22. The van der Waals surface area contributed by atoms with E-state index >= 15 is 0 Å². The number of anilines is 1. The van der Waals surface area contributed by atoms with Gasteiger partial charge in [0.1, 0.15) is 11.6 Å². The van der Waals surface area contributed by atoms with E-state index in [1.165, 1.54) is 24.3 Å². The van der Waals surface area contributed by atoms with Crippen molar-refractivity contribution in [1.29, 1.82) is 0 Å². The third-order valence-corrected chi connectivity index (χ3v) is 3.41. The number of hydrogen-bond donors (Lipinski definition) is 2. The molecule has 0 radical (unpaired) electrons. The minimum atomic E-state index is -0.674. The molecule has 0 atom stereocenters. The van der Waals surface area contributed by atoms with Gasteiger partial charge in [-0.05, 0) is 62.2 Å². The maximum absolute atomic E-state index is 13.2. The van der Waals surface area contributed by atoms with Crippen LogP contribution in [-0.2, 0) is 5.54 Å². The first kappa shape index (κ1) is 15.9. The van der Waals surface area contributed by atoms with E-state index in [0.717, 1.165) is 5.56 Å². The molecule has 0 bridgehead atoms. The maximum Gasteiger partial charge on any atom is 0.319 e. The van der Waals surface area contributed by atoms with Gasteiger partial charge in [0.15, 0.2) is 0 Å². The van der Waals surface area contributed by atoms with Gasteiger partial charge in [-0.15, -0.1) is 0 Å². The lowest BCUT2D eigenvalue weighted by atomic mass is 9.94. The second-order valence-electron chi connectivity index (χ2n) is 5.67. The number of amides is 2. The number of halogens is 2. The van der Waals surface area contributed by atoms with Crippen molar-refractivity contribution < 1.29 is 13.6 Å². The minimum Gasteiger partial charge on any atom is -0.329 e. The molecular weight excluding hydrogens is 286 g/mol. The first-order valence-corrected chi connectivity index (χ1v) is 6.89. The predicted molar refractivity (Wildman–Crippen MR) is 82.7 cm³/mol. The Morgan fingerprint density at radius 3 is 2.27 bits per heavy atom. The van der Waals surface area contributed by atoms with Gasteiger partial charge in [0.2, 0.25) is 0 Å². The largest absolute Gasteiger partial charge is 0.329 e. The number of benzene rings is 2. The van der Waals surface area contributed by atoms with Crippen molar-refractivity contribution in [3.8, 4) is 0 Å². The topological polar surface area (TPSA) is 41.1 Å². The number of rotatable bonds is 3. The van der Waals surface area contributed by atoms with Gasteiger partial charge in [0.25, 0.3) is 0 Å². The van der Waals surface area contributed by atoms with Gasteiger partial charge in [-0.3, -0.25) is 0 Å². The molecule has 0 aliphatic carbocycles. The van der Waals surface area contributed by atoms with Crippen LogP contribution in [0.5, 0.6) is 0 Å². The molecule has 0 aliphatic rings. The summed E-state index contributed by atoms with van der Waals surface area (Å²) < 4.78 is 26.2. The van der Waals surface area contributed by atoms with Gasteiger partial charge < -0.3 is 10.6 Å². The quantitative estimate of drug-likeness (QED) is 0.870. The van der Waals surface area contributed by atoms with Crippen molar-refractivity contribution in [3.63, 3.8) is 0 Å². The number of carbonyl (C=O) groups excluding carboxylic acids is 1. The lowest BCUT2D eigenvalue weighted by molar-refractivity contribution is 0.242. The molecule has 0 aromatic heterocycles. The molecular formula is C17H18F2N2O. The van der Waals surface area contributed by atoms with Crippen LogP contribution in [0.25, 0.3) is 0 Å². The normalized spacial score (nSPS) is 11.1. The Hall–Kier alpha value is -2.43. The third kappa shape index (κ3) is 3.81. The molecule has 3 nitrogen and oxygen atoms in total. The lowest BCUT2D eigenvalue weighted by Crippen LogP contribution is -2.43. The lowest BCUT2D eigenvalue weighted by Gasteiger charge is -2.27. The van der Waals surface area contributed by atoms with Crippen molar-refractivity contribution in [2.75, 3.05) is 5.32 Å². The summed E-state index contributed by atoms with van der Waals surface area (Å²) in [6.45, 7) is 5.26. The fourth-order valence-corrected chi connectivity index (χ4v) is 2.11. The Morgan fingerprint density at radius 2 is 1.68 bits per heavy atom. The van der Waals surface area contributed by atoms with Crippen molar-refractivity contribution in [2.45, 2.75) is 26.3 Å². The molecule has 0 saturated carbocycles. The van der Waals surface area contributed by atoms with Crippen molar-refractivity contribution in [3.05, 3.63) is 65.2 Å². The highest BCUT2D eigenvalue weighted by atomic mass is 19.1. The molecule has 0 spiro atoms. The van der Waals surface area contributed by atoms with Gasteiger partial charge in [-0.25, -0.2) is 13.6 Å². The number of nitrogens with one attached hydrogen (secondary N) is 2. The van der Waals surface area contributed by atoms with E-state index in [1.54, 1.807) is 25.1 Å². The van der Waals surface area contributed by atoms with E-state index in [9.17, 15) is 13.6 Å². The van der Waals surface area contributed by atoms with Gasteiger partial charge in [0, 0.05) is 5.69 Å². The summed E-state index contributed by atoms with van der Waals surface area (Å²) in [4.78, 5) is 12.1. The van der Waals surface area contributed by atoms with Crippen LogP contribution in [0.4, 0.5) is 19.3 Å². The molecule has 0 saturated heterocycles. The summed E-state index contributed by atoms with van der Waals surface area (Å²) >= 11 is 0. The standard InChI is InChI=1S/C17H18F2N2O/c1-11-10-14(8-9-15(11)19)20-16(22)21-17(2,3)12-4-6-13(18)7-5-12/h4-10H,1-3H3,(H2,20,21,22). The van der Waals surface area contributed by atoms with Crippen LogP contribution in [0, 0.1) is 18.6 Å². The summed E-state index contributed by atoms with van der Waals surface area (Å²) in [5.41, 5.74) is 1.06. The average molecular weight is 304 g/mol. The SMILES string of the molecule is Cc1cc(NC(=O)NC(C)(C)c2ccc(F)cc2)ccc1F. The molecule has 2 amide bonds. The average Bonchev–Trinajstić information content (AvgIpc) is 2.42. The Bertz CT molecular complexity index is 682. The highest BCUT2D eigenvalue weighted by molar-refractivity contribution is 5.89. The number of carbonyl (C=O) groups is 1. The first-order chi connectivity index (χ1) is 10.3. The monoisotopic (exact) mass is 304 g/mol. The van der Waals surface area contributed by atoms with Crippen molar-refractivity contribution in [2.24, 2.45) is 0 Å². The van der Waals surface area contributed by atoms with Crippen molar-refractivity contribution in [1.82, 2.24) is 5.32 Å². The smallest absolute Gasteiger partial charge is 0.319 e. The van der Waals surface area contributed by atoms with Crippen LogP contribution >= 0.6 is 0 Å². The zero-order valence-corrected chi connectivity index (χ0v) is 12.7. The second-order valence-corrected chi connectivity index (χ2v) is 5.67. The summed E-state index contributed by atoms with van der Waals surface area (Å²) in [5, 5.41) is 5.46. The maximum atomic E-state index is 13.2. The van der Waals surface area contributed by atoms with Crippen LogP contribution in [0.2, 0.25) is 0 Å². The minimum absolute atomic E-state index is 0.322. The Labute approximate surface area is 128 Å². The Morgan fingerprint density at radius 1 is 1.05 bits per heavy atom. The van der Waals surface area contributed by atoms with E-state index in [4.69, 9.17) is 0 Å². The first-order valence-electron chi connectivity index (χ1n) is 6.89. The fourth-order valence-electron chi connectivity index (χ4n) is 2.11. The van der Waals surface area contributed by atoms with E-state index in [2.05, 4.69) is 10.6 Å². The molecule has 0 aliphatic heterocycles. The van der Waals surface area contributed by atoms with Gasteiger partial charge in [-0.2, -0.15) is 0 Å². The molecule has 0 fully saturated rings. The number of aryl methyl sites for hydroxylation is 1. The van der Waals surface area contributed by atoms with Crippen LogP contribution in [0.3, 0.4) is 0 Å². The molecule has 2 aromatic rings. The number of hydrogen-bond acceptors (Lipinski definition) is 1. The van der Waals surface area contributed by atoms with Crippen LogP contribution < -0.4 is 10.6 Å². The molecule has 5 heteroatoms. The second kappa shape index (κ2) is 6.13. The molecule has 2 rings (SSSR count). The molecule has 2 N–H and O–H groups in total. The van der Waals surface area contributed by atoms with Crippen LogP contribution in [0.1, 0.15) is 25.0 Å². The predicted octanol–water partition coefficient (Wildman–Crippen LogP) is 4.33. The van der Waals surface area contributed by atoms with E-state index in [0.29, 0.717) is 11.3 Å². The summed E-state index contributed by atoms with van der Waals surface area (Å²) in [7, 11) is 0. The number of urea groups is 1. The van der Waals surface area contributed by atoms with Crippen LogP contribution in [0.15, 0.2) is 42.5 Å². The Kier molecular flexibility index (Phi) is 4.45. The highest BCUT2D eigenvalue weighted by Crippen LogP contribution is 2.21. The third-order valence-electron chi connectivity index (χ3n) is 3.41. The van der Waals surface area contributed by atoms with Gasteiger partial charge in [-0.1, -0.05) is 12.1 Å². The van der Waals surface area contributed by atoms with Crippen LogP contribution in [-0.4, -0.2) is 6.03 Å². The van der Waals surface area contributed by atoms with E-state index in [-0.39, 0.29) is 11.6 Å². The summed E-state index contributed by atoms with van der Waals surface area (Å²) in [6.07, 6.45) is 0. The molecule has 116 valence electrons. The molecule has 2 aromatic carbocycles. The Balaban J connectivity index is 2.07. The molecule has 22 heavy (non-hydrogen) atoms. The fraction of sp³-hybridized carbons (Fsp3) is 0.235. The summed E-state index contributed by atoms with van der Waals surface area (Å²) in [5.74, 6) is -0.650. The molecule has 0 unspecified atom stereocenters. The van der Waals surface area contributed by atoms with Gasteiger partial charge >= 0.3 is 6.03 Å². The van der Waals surface area contributed by atoms with E-state index < -0.39 is 11.6 Å². The van der Waals surface area contributed by atoms with Gasteiger partial charge in [0.05, 0.1) is 5.54 Å².